The summed E-state index contributed by atoms with van der Waals surface area (Å²) in [6, 6.07) is 9.31. The van der Waals surface area contributed by atoms with Crippen molar-refractivity contribution in [1.82, 2.24) is 9.21 Å². The van der Waals surface area contributed by atoms with Crippen molar-refractivity contribution in [2.24, 2.45) is 11.7 Å². The summed E-state index contributed by atoms with van der Waals surface area (Å²) in [5.41, 5.74) is 7.19. The Morgan fingerprint density at radius 1 is 1.25 bits per heavy atom. The summed E-state index contributed by atoms with van der Waals surface area (Å²) in [5, 5.41) is 0. The molecule has 6 nitrogen and oxygen atoms in total. The lowest BCUT2D eigenvalue weighted by Crippen LogP contribution is -2.49. The van der Waals surface area contributed by atoms with Crippen molar-refractivity contribution in [1.29, 1.82) is 0 Å². The van der Waals surface area contributed by atoms with Crippen LogP contribution in [0.1, 0.15) is 31.4 Å². The molecule has 1 saturated heterocycles. The molecule has 24 heavy (non-hydrogen) atoms. The van der Waals surface area contributed by atoms with Gasteiger partial charge in [0, 0.05) is 32.2 Å². The van der Waals surface area contributed by atoms with Crippen LogP contribution in [-0.2, 0) is 14.8 Å². The van der Waals surface area contributed by atoms with E-state index in [0.717, 1.165) is 5.56 Å². The van der Waals surface area contributed by atoms with Crippen LogP contribution < -0.4 is 5.73 Å². The Bertz CT molecular complexity index is 655. The number of carbonyl (C=O) groups is 1. The largest absolute Gasteiger partial charge is 0.342 e. The zero-order valence-electron chi connectivity index (χ0n) is 14.6. The third-order valence-corrected chi connectivity index (χ3v) is 6.20. The number of rotatable bonds is 5. The van der Waals surface area contributed by atoms with E-state index in [0.29, 0.717) is 25.9 Å². The molecule has 2 N–H and O–H groups in total. The highest BCUT2D eigenvalue weighted by Gasteiger charge is 2.32. The Balaban J connectivity index is 1.97. The standard InChI is InChI=1S/C17H27N3O3S/c1-13(16(18)14-7-5-4-6-8-14)17(21)19(2)15-9-11-20(12-10-15)24(3,22)23/h4-8,13,15-16H,9-12,18H2,1-3H3. The van der Waals surface area contributed by atoms with Gasteiger partial charge in [-0.05, 0) is 18.4 Å². The van der Waals surface area contributed by atoms with Crippen molar-refractivity contribution >= 4 is 15.9 Å². The van der Waals surface area contributed by atoms with Gasteiger partial charge in [-0.25, -0.2) is 12.7 Å². The average molecular weight is 353 g/mol. The van der Waals surface area contributed by atoms with Crippen LogP contribution in [0.15, 0.2) is 30.3 Å². The Labute approximate surface area is 144 Å². The first-order valence-electron chi connectivity index (χ1n) is 8.24. The summed E-state index contributed by atoms with van der Waals surface area (Å²) in [7, 11) is -1.36. The highest BCUT2D eigenvalue weighted by molar-refractivity contribution is 7.88. The number of amides is 1. The van der Waals surface area contributed by atoms with E-state index < -0.39 is 10.0 Å². The lowest BCUT2D eigenvalue weighted by Gasteiger charge is -2.37. The van der Waals surface area contributed by atoms with Gasteiger partial charge in [-0.15, -0.1) is 0 Å². The first kappa shape index (κ1) is 18.9. The van der Waals surface area contributed by atoms with E-state index >= 15 is 0 Å². The van der Waals surface area contributed by atoms with Crippen molar-refractivity contribution in [3.8, 4) is 0 Å². The van der Waals surface area contributed by atoms with Crippen molar-refractivity contribution in [3.63, 3.8) is 0 Å². The third kappa shape index (κ3) is 4.34. The van der Waals surface area contributed by atoms with Crippen LogP contribution in [0.3, 0.4) is 0 Å². The van der Waals surface area contributed by atoms with Gasteiger partial charge in [0.15, 0.2) is 0 Å². The van der Waals surface area contributed by atoms with Crippen LogP contribution in [0.25, 0.3) is 0 Å². The monoisotopic (exact) mass is 353 g/mol. The number of hydrogen-bond donors (Lipinski definition) is 1. The highest BCUT2D eigenvalue weighted by Crippen LogP contribution is 2.24. The Hall–Kier alpha value is -1.44. The molecule has 0 spiro atoms. The molecular weight excluding hydrogens is 326 g/mol. The smallest absolute Gasteiger partial charge is 0.227 e. The van der Waals surface area contributed by atoms with Gasteiger partial charge in [0.05, 0.1) is 12.2 Å². The molecule has 1 heterocycles. The van der Waals surface area contributed by atoms with Crippen molar-refractivity contribution in [2.75, 3.05) is 26.4 Å². The van der Waals surface area contributed by atoms with Crippen LogP contribution in [0.5, 0.6) is 0 Å². The van der Waals surface area contributed by atoms with E-state index in [1.165, 1.54) is 10.6 Å². The Morgan fingerprint density at radius 3 is 2.29 bits per heavy atom. The molecule has 134 valence electrons. The summed E-state index contributed by atoms with van der Waals surface area (Å²) < 4.78 is 24.6. The molecule has 0 radical (unpaired) electrons. The van der Waals surface area contributed by atoms with Gasteiger partial charge in [0.1, 0.15) is 0 Å². The van der Waals surface area contributed by atoms with E-state index in [4.69, 9.17) is 5.73 Å². The summed E-state index contributed by atoms with van der Waals surface area (Å²) in [6.45, 7) is 2.77. The molecular formula is C17H27N3O3S. The molecule has 0 saturated carbocycles. The summed E-state index contributed by atoms with van der Waals surface area (Å²) in [6.07, 6.45) is 2.54. The number of piperidine rings is 1. The van der Waals surface area contributed by atoms with Crippen LogP contribution in [0.2, 0.25) is 0 Å². The minimum Gasteiger partial charge on any atom is -0.342 e. The fourth-order valence-corrected chi connectivity index (χ4v) is 4.05. The maximum Gasteiger partial charge on any atom is 0.227 e. The molecule has 7 heteroatoms. The number of nitrogens with two attached hydrogens (primary N) is 1. The molecule has 0 aromatic heterocycles. The second-order valence-corrected chi connectivity index (χ2v) is 8.55. The van der Waals surface area contributed by atoms with Crippen molar-refractivity contribution in [2.45, 2.75) is 31.8 Å². The molecule has 2 atom stereocenters. The fourth-order valence-electron chi connectivity index (χ4n) is 3.18. The van der Waals surface area contributed by atoms with Gasteiger partial charge in [-0.2, -0.15) is 0 Å². The van der Waals surface area contributed by atoms with Gasteiger partial charge >= 0.3 is 0 Å². The third-order valence-electron chi connectivity index (χ3n) is 4.90. The topological polar surface area (TPSA) is 83.7 Å². The van der Waals surface area contributed by atoms with Gasteiger partial charge in [-0.3, -0.25) is 4.79 Å². The normalized spacial score (nSPS) is 19.7. The SMILES string of the molecule is CC(C(=O)N(C)C1CCN(S(C)(=O)=O)CC1)C(N)c1ccccc1. The van der Waals surface area contributed by atoms with Gasteiger partial charge < -0.3 is 10.6 Å². The quantitative estimate of drug-likeness (QED) is 0.862. The van der Waals surface area contributed by atoms with Crippen LogP contribution in [-0.4, -0.2) is 56.0 Å². The Kier molecular flexibility index (Phi) is 6.01. The van der Waals surface area contributed by atoms with Gasteiger partial charge in [0.25, 0.3) is 0 Å². The minimum atomic E-state index is -3.15. The van der Waals surface area contributed by atoms with Gasteiger partial charge in [-0.1, -0.05) is 37.3 Å². The zero-order chi connectivity index (χ0) is 17.9. The highest BCUT2D eigenvalue weighted by atomic mass is 32.2. The number of carbonyl (C=O) groups excluding carboxylic acids is 1. The predicted molar refractivity (Wildman–Crippen MR) is 94.7 cm³/mol. The van der Waals surface area contributed by atoms with E-state index in [2.05, 4.69) is 0 Å². The van der Waals surface area contributed by atoms with Crippen LogP contribution in [0, 0.1) is 5.92 Å². The lowest BCUT2D eigenvalue weighted by molar-refractivity contribution is -0.137. The maximum absolute atomic E-state index is 12.7. The molecule has 1 aromatic carbocycles. The first-order chi connectivity index (χ1) is 11.2. The summed E-state index contributed by atoms with van der Waals surface area (Å²) in [5.74, 6) is -0.325. The molecule has 1 fully saturated rings. The van der Waals surface area contributed by atoms with Crippen LogP contribution >= 0.6 is 0 Å². The van der Waals surface area contributed by atoms with Crippen molar-refractivity contribution in [3.05, 3.63) is 35.9 Å². The summed E-state index contributed by atoms with van der Waals surface area (Å²) >= 11 is 0. The number of hydrogen-bond acceptors (Lipinski definition) is 4. The van der Waals surface area contributed by atoms with E-state index in [-0.39, 0.29) is 23.9 Å². The molecule has 1 aromatic rings. The molecule has 1 aliphatic heterocycles. The molecule has 1 aliphatic rings. The van der Waals surface area contributed by atoms with Gasteiger partial charge in [0.2, 0.25) is 15.9 Å². The van der Waals surface area contributed by atoms with E-state index in [1.54, 1.807) is 11.9 Å². The van der Waals surface area contributed by atoms with Crippen molar-refractivity contribution < 1.29 is 13.2 Å². The molecule has 1 amide bonds. The number of sulfonamides is 1. The second kappa shape index (κ2) is 7.63. The molecule has 2 unspecified atom stereocenters. The predicted octanol–water partition coefficient (Wildman–Crippen LogP) is 1.20. The van der Waals surface area contributed by atoms with E-state index in [9.17, 15) is 13.2 Å². The fraction of sp³-hybridized carbons (Fsp3) is 0.588. The average Bonchev–Trinajstić information content (AvgIpc) is 2.59. The summed E-state index contributed by atoms with van der Waals surface area (Å²) in [4.78, 5) is 14.5. The Morgan fingerprint density at radius 2 is 1.79 bits per heavy atom. The van der Waals surface area contributed by atoms with E-state index in [1.807, 2.05) is 37.3 Å². The number of benzene rings is 1. The molecule has 0 aliphatic carbocycles. The second-order valence-electron chi connectivity index (χ2n) is 6.57. The van der Waals surface area contributed by atoms with Crippen LogP contribution in [0.4, 0.5) is 0 Å². The maximum atomic E-state index is 12.7. The molecule has 0 bridgehead atoms. The zero-order valence-corrected chi connectivity index (χ0v) is 15.4. The first-order valence-corrected chi connectivity index (χ1v) is 10.1. The minimum absolute atomic E-state index is 0.00385. The lowest BCUT2D eigenvalue weighted by atomic mass is 9.93. The molecule has 2 rings (SSSR count). The number of nitrogens with zero attached hydrogens (tertiary/aromatic N) is 2.